The van der Waals surface area contributed by atoms with Crippen molar-refractivity contribution in [3.8, 4) is 5.88 Å². The van der Waals surface area contributed by atoms with E-state index in [0.717, 1.165) is 25.0 Å². The van der Waals surface area contributed by atoms with Gasteiger partial charge in [-0.2, -0.15) is 0 Å². The molecule has 3 heteroatoms. The summed E-state index contributed by atoms with van der Waals surface area (Å²) in [6, 6.07) is 5.82. The summed E-state index contributed by atoms with van der Waals surface area (Å²) in [7, 11) is 0. The Balaban J connectivity index is 2.06. The van der Waals surface area contributed by atoms with E-state index in [4.69, 9.17) is 4.74 Å². The summed E-state index contributed by atoms with van der Waals surface area (Å²) < 4.78 is 5.72. The monoisotopic (exact) mass is 221 g/mol. The van der Waals surface area contributed by atoms with Gasteiger partial charge in [0.05, 0.1) is 6.10 Å². The van der Waals surface area contributed by atoms with Crippen LogP contribution < -0.4 is 4.74 Å². The minimum Gasteiger partial charge on any atom is -0.472 e. The Hall–Kier alpha value is -1.09. The van der Waals surface area contributed by atoms with Gasteiger partial charge < -0.3 is 9.84 Å². The van der Waals surface area contributed by atoms with Crippen LogP contribution in [0.5, 0.6) is 5.88 Å². The number of aromatic nitrogens is 1. The molecule has 0 unspecified atom stereocenters. The molecule has 1 aromatic heterocycles. The number of aliphatic hydroxyl groups is 1. The standard InChI is InChI=1S/C13H19NO2/c1-9(2)10-5-3-8-13(14-10)16-12-7-4-6-11(12)15/h3,5,8-9,11-12,15H,4,6-7H2,1-2H3/t11-,12-/m0/s1. The Morgan fingerprint density at radius 2 is 2.19 bits per heavy atom. The molecule has 1 saturated carbocycles. The first-order valence-electron chi connectivity index (χ1n) is 5.98. The maximum atomic E-state index is 9.68. The molecular weight excluding hydrogens is 202 g/mol. The van der Waals surface area contributed by atoms with Crippen LogP contribution in [0.4, 0.5) is 0 Å². The lowest BCUT2D eigenvalue weighted by Gasteiger charge is -2.17. The molecule has 3 nitrogen and oxygen atoms in total. The number of aliphatic hydroxyl groups excluding tert-OH is 1. The Kier molecular flexibility index (Phi) is 3.44. The van der Waals surface area contributed by atoms with Gasteiger partial charge in [0, 0.05) is 11.8 Å². The summed E-state index contributed by atoms with van der Waals surface area (Å²) in [4.78, 5) is 4.44. The first kappa shape index (κ1) is 11.4. The highest BCUT2D eigenvalue weighted by Gasteiger charge is 2.27. The SMILES string of the molecule is CC(C)c1cccc(O[C@H]2CCC[C@@H]2O)n1. The Morgan fingerprint density at radius 3 is 2.81 bits per heavy atom. The Bertz CT molecular complexity index is 352. The summed E-state index contributed by atoms with van der Waals surface area (Å²) in [6.45, 7) is 4.22. The maximum Gasteiger partial charge on any atom is 0.213 e. The van der Waals surface area contributed by atoms with Crippen molar-refractivity contribution in [3.63, 3.8) is 0 Å². The summed E-state index contributed by atoms with van der Waals surface area (Å²) in [5.74, 6) is 1.04. The van der Waals surface area contributed by atoms with Gasteiger partial charge in [0.2, 0.25) is 5.88 Å². The topological polar surface area (TPSA) is 42.4 Å². The zero-order valence-electron chi connectivity index (χ0n) is 9.89. The molecule has 16 heavy (non-hydrogen) atoms. The predicted octanol–water partition coefficient (Wildman–Crippen LogP) is 2.50. The molecule has 88 valence electrons. The largest absolute Gasteiger partial charge is 0.472 e. The first-order valence-corrected chi connectivity index (χ1v) is 5.98. The van der Waals surface area contributed by atoms with Crippen LogP contribution in [0, 0.1) is 0 Å². The van der Waals surface area contributed by atoms with Crippen molar-refractivity contribution in [1.82, 2.24) is 4.98 Å². The van der Waals surface area contributed by atoms with Crippen molar-refractivity contribution in [2.24, 2.45) is 0 Å². The van der Waals surface area contributed by atoms with E-state index in [0.29, 0.717) is 11.8 Å². The molecular formula is C13H19NO2. The van der Waals surface area contributed by atoms with Crippen LogP contribution in [0.15, 0.2) is 18.2 Å². The van der Waals surface area contributed by atoms with E-state index in [1.807, 2.05) is 18.2 Å². The van der Waals surface area contributed by atoms with E-state index in [1.54, 1.807) is 0 Å². The van der Waals surface area contributed by atoms with Gasteiger partial charge in [0.25, 0.3) is 0 Å². The molecule has 0 amide bonds. The van der Waals surface area contributed by atoms with Crippen molar-refractivity contribution in [3.05, 3.63) is 23.9 Å². The summed E-state index contributed by atoms with van der Waals surface area (Å²) in [5.41, 5.74) is 1.03. The fraction of sp³-hybridized carbons (Fsp3) is 0.615. The molecule has 0 bridgehead atoms. The van der Waals surface area contributed by atoms with E-state index < -0.39 is 0 Å². The molecule has 1 N–H and O–H groups in total. The van der Waals surface area contributed by atoms with Crippen LogP contribution in [0.1, 0.15) is 44.7 Å². The second-order valence-corrected chi connectivity index (χ2v) is 4.71. The lowest BCUT2D eigenvalue weighted by atomic mass is 10.1. The molecule has 0 aromatic carbocycles. The zero-order valence-corrected chi connectivity index (χ0v) is 9.89. The third-order valence-corrected chi connectivity index (χ3v) is 3.03. The minimum atomic E-state index is -0.329. The number of hydrogen-bond donors (Lipinski definition) is 1. The maximum absolute atomic E-state index is 9.68. The van der Waals surface area contributed by atoms with Crippen LogP contribution in [-0.4, -0.2) is 22.3 Å². The molecule has 0 radical (unpaired) electrons. The zero-order chi connectivity index (χ0) is 11.5. The summed E-state index contributed by atoms with van der Waals surface area (Å²) >= 11 is 0. The van der Waals surface area contributed by atoms with Gasteiger partial charge in [-0.15, -0.1) is 0 Å². The second-order valence-electron chi connectivity index (χ2n) is 4.71. The number of ether oxygens (including phenoxy) is 1. The van der Waals surface area contributed by atoms with Crippen LogP contribution in [0.3, 0.4) is 0 Å². The third kappa shape index (κ3) is 2.53. The van der Waals surface area contributed by atoms with Crippen LogP contribution >= 0.6 is 0 Å². The Morgan fingerprint density at radius 1 is 1.38 bits per heavy atom. The Labute approximate surface area is 96.5 Å². The quantitative estimate of drug-likeness (QED) is 0.852. The van der Waals surface area contributed by atoms with E-state index in [-0.39, 0.29) is 12.2 Å². The van der Waals surface area contributed by atoms with Gasteiger partial charge in [-0.1, -0.05) is 19.9 Å². The smallest absolute Gasteiger partial charge is 0.213 e. The average Bonchev–Trinajstić information content (AvgIpc) is 2.65. The molecule has 1 aromatic rings. The van der Waals surface area contributed by atoms with Crippen molar-refractivity contribution >= 4 is 0 Å². The van der Waals surface area contributed by atoms with Gasteiger partial charge in [-0.3, -0.25) is 0 Å². The predicted molar refractivity (Wildman–Crippen MR) is 62.6 cm³/mol. The minimum absolute atomic E-state index is 0.0742. The average molecular weight is 221 g/mol. The number of hydrogen-bond acceptors (Lipinski definition) is 3. The molecule has 2 rings (SSSR count). The van der Waals surface area contributed by atoms with Crippen molar-refractivity contribution in [1.29, 1.82) is 0 Å². The molecule has 1 fully saturated rings. The van der Waals surface area contributed by atoms with E-state index >= 15 is 0 Å². The number of rotatable bonds is 3. The fourth-order valence-corrected chi connectivity index (χ4v) is 2.02. The van der Waals surface area contributed by atoms with Gasteiger partial charge in [0.15, 0.2) is 0 Å². The van der Waals surface area contributed by atoms with Gasteiger partial charge in [0.1, 0.15) is 6.10 Å². The lowest BCUT2D eigenvalue weighted by molar-refractivity contribution is 0.0572. The number of pyridine rings is 1. The normalized spacial score (nSPS) is 25.0. The van der Waals surface area contributed by atoms with Gasteiger partial charge in [-0.05, 0) is 31.2 Å². The molecule has 1 aliphatic carbocycles. The highest BCUT2D eigenvalue weighted by Crippen LogP contribution is 2.24. The van der Waals surface area contributed by atoms with Crippen molar-refractivity contribution in [2.75, 3.05) is 0 Å². The van der Waals surface area contributed by atoms with Crippen LogP contribution in [0.25, 0.3) is 0 Å². The van der Waals surface area contributed by atoms with Crippen LogP contribution in [-0.2, 0) is 0 Å². The van der Waals surface area contributed by atoms with E-state index in [1.165, 1.54) is 0 Å². The fourth-order valence-electron chi connectivity index (χ4n) is 2.02. The highest BCUT2D eigenvalue weighted by atomic mass is 16.5. The first-order chi connectivity index (χ1) is 7.66. The van der Waals surface area contributed by atoms with E-state index in [9.17, 15) is 5.11 Å². The van der Waals surface area contributed by atoms with E-state index in [2.05, 4.69) is 18.8 Å². The summed E-state index contributed by atoms with van der Waals surface area (Å²) in [6.07, 6.45) is 2.40. The van der Waals surface area contributed by atoms with Gasteiger partial charge >= 0.3 is 0 Å². The van der Waals surface area contributed by atoms with Crippen LogP contribution in [0.2, 0.25) is 0 Å². The van der Waals surface area contributed by atoms with Gasteiger partial charge in [-0.25, -0.2) is 4.98 Å². The third-order valence-electron chi connectivity index (χ3n) is 3.03. The highest BCUT2D eigenvalue weighted by molar-refractivity contribution is 5.18. The molecule has 0 aliphatic heterocycles. The second kappa shape index (κ2) is 4.83. The molecule has 0 spiro atoms. The molecule has 0 saturated heterocycles. The summed E-state index contributed by atoms with van der Waals surface area (Å²) in [5, 5.41) is 9.68. The lowest BCUT2D eigenvalue weighted by Crippen LogP contribution is -2.26. The van der Waals surface area contributed by atoms with Crippen molar-refractivity contribution in [2.45, 2.75) is 51.2 Å². The molecule has 2 atom stereocenters. The molecule has 1 heterocycles. The number of nitrogens with zero attached hydrogens (tertiary/aromatic N) is 1. The van der Waals surface area contributed by atoms with Crippen molar-refractivity contribution < 1.29 is 9.84 Å². The molecule has 1 aliphatic rings.